The largest absolute Gasteiger partial charge is 0.350 e. The van der Waals surface area contributed by atoms with Gasteiger partial charge in [-0.3, -0.25) is 9.78 Å². The molecule has 2 aromatic rings. The number of aryl methyl sites for hydroxylation is 1. The summed E-state index contributed by atoms with van der Waals surface area (Å²) in [6, 6.07) is 9.74. The minimum absolute atomic E-state index is 0.0732. The molecule has 2 heterocycles. The summed E-state index contributed by atoms with van der Waals surface area (Å²) in [5, 5.41) is 4.89. The fraction of sp³-hybridized carbons (Fsp3) is 0.231. The van der Waals surface area contributed by atoms with E-state index in [2.05, 4.69) is 16.4 Å². The Labute approximate surface area is 105 Å². The van der Waals surface area contributed by atoms with E-state index in [0.29, 0.717) is 13.0 Å². The van der Waals surface area contributed by atoms with Crippen LogP contribution in [0.25, 0.3) is 0 Å². The van der Waals surface area contributed by atoms with Crippen molar-refractivity contribution in [2.24, 2.45) is 0 Å². The highest BCUT2D eigenvalue weighted by Crippen LogP contribution is 2.10. The van der Waals surface area contributed by atoms with Gasteiger partial charge in [-0.05, 0) is 30.0 Å². The number of carbonyl (C=O) groups is 1. The second kappa shape index (κ2) is 6.15. The maximum absolute atomic E-state index is 11.6. The molecule has 2 rings (SSSR count). The molecule has 4 heteroatoms. The topological polar surface area (TPSA) is 42.0 Å². The van der Waals surface area contributed by atoms with Gasteiger partial charge in [-0.15, -0.1) is 11.3 Å². The summed E-state index contributed by atoms with van der Waals surface area (Å²) in [4.78, 5) is 17.0. The Morgan fingerprint density at radius 3 is 2.94 bits per heavy atom. The normalized spacial score (nSPS) is 10.1. The number of nitrogens with one attached hydrogen (secondary N) is 1. The van der Waals surface area contributed by atoms with E-state index in [4.69, 9.17) is 0 Å². The van der Waals surface area contributed by atoms with Crippen molar-refractivity contribution in [3.05, 3.63) is 52.5 Å². The first-order valence-corrected chi connectivity index (χ1v) is 6.41. The van der Waals surface area contributed by atoms with Gasteiger partial charge in [-0.25, -0.2) is 0 Å². The van der Waals surface area contributed by atoms with Gasteiger partial charge in [0.25, 0.3) is 0 Å². The predicted octanol–water partition coefficient (Wildman–Crippen LogP) is 2.39. The molecule has 0 aromatic carbocycles. The summed E-state index contributed by atoms with van der Waals surface area (Å²) in [6.45, 7) is 0.504. The van der Waals surface area contributed by atoms with Gasteiger partial charge in [0.15, 0.2) is 0 Å². The molecule has 0 fully saturated rings. The van der Waals surface area contributed by atoms with Crippen LogP contribution in [0.1, 0.15) is 17.0 Å². The summed E-state index contributed by atoms with van der Waals surface area (Å²) in [5.74, 6) is 0.0732. The minimum atomic E-state index is 0.0732. The second-order valence-corrected chi connectivity index (χ2v) is 4.71. The number of pyridine rings is 1. The molecule has 0 bridgehead atoms. The van der Waals surface area contributed by atoms with E-state index in [9.17, 15) is 4.79 Å². The van der Waals surface area contributed by atoms with E-state index < -0.39 is 0 Å². The lowest BCUT2D eigenvalue weighted by Crippen LogP contribution is -2.23. The van der Waals surface area contributed by atoms with E-state index in [1.165, 1.54) is 4.88 Å². The minimum Gasteiger partial charge on any atom is -0.350 e. The second-order valence-electron chi connectivity index (χ2n) is 3.68. The van der Waals surface area contributed by atoms with Crippen molar-refractivity contribution < 1.29 is 4.79 Å². The molecule has 88 valence electrons. The van der Waals surface area contributed by atoms with Gasteiger partial charge < -0.3 is 5.32 Å². The first-order chi connectivity index (χ1) is 8.34. The average Bonchev–Trinajstić information content (AvgIpc) is 2.88. The monoisotopic (exact) mass is 246 g/mol. The number of rotatable bonds is 5. The first-order valence-electron chi connectivity index (χ1n) is 5.53. The smallest absolute Gasteiger partial charge is 0.220 e. The van der Waals surface area contributed by atoms with Gasteiger partial charge in [0.1, 0.15) is 0 Å². The van der Waals surface area contributed by atoms with Crippen LogP contribution in [0.2, 0.25) is 0 Å². The molecule has 0 aliphatic carbocycles. The maximum atomic E-state index is 11.6. The molecule has 0 aliphatic heterocycles. The third-order valence-corrected chi connectivity index (χ3v) is 3.31. The van der Waals surface area contributed by atoms with Crippen molar-refractivity contribution in [1.82, 2.24) is 10.3 Å². The summed E-state index contributed by atoms with van der Waals surface area (Å²) in [5.41, 5.74) is 0.886. The lowest BCUT2D eigenvalue weighted by molar-refractivity contribution is -0.121. The summed E-state index contributed by atoms with van der Waals surface area (Å²) in [7, 11) is 0. The first kappa shape index (κ1) is 11.8. The van der Waals surface area contributed by atoms with E-state index in [0.717, 1.165) is 12.1 Å². The van der Waals surface area contributed by atoms with Gasteiger partial charge in [0.05, 0.1) is 12.2 Å². The average molecular weight is 246 g/mol. The Hall–Kier alpha value is -1.68. The van der Waals surface area contributed by atoms with Crippen molar-refractivity contribution in [3.8, 4) is 0 Å². The molecule has 0 atom stereocenters. The third kappa shape index (κ3) is 4.00. The van der Waals surface area contributed by atoms with Gasteiger partial charge in [-0.2, -0.15) is 0 Å². The molecule has 1 amide bonds. The van der Waals surface area contributed by atoms with Crippen LogP contribution >= 0.6 is 11.3 Å². The van der Waals surface area contributed by atoms with Crippen molar-refractivity contribution in [2.75, 3.05) is 0 Å². The van der Waals surface area contributed by atoms with E-state index in [1.807, 2.05) is 29.6 Å². The van der Waals surface area contributed by atoms with Crippen LogP contribution < -0.4 is 5.32 Å². The number of hydrogen-bond donors (Lipinski definition) is 1. The molecule has 0 saturated heterocycles. The molecule has 3 nitrogen and oxygen atoms in total. The van der Waals surface area contributed by atoms with Crippen LogP contribution in [0.4, 0.5) is 0 Å². The van der Waals surface area contributed by atoms with Crippen molar-refractivity contribution in [1.29, 1.82) is 0 Å². The molecular formula is C13H14N2OS. The quantitative estimate of drug-likeness (QED) is 0.880. The van der Waals surface area contributed by atoms with Crippen LogP contribution in [-0.4, -0.2) is 10.9 Å². The van der Waals surface area contributed by atoms with Crippen LogP contribution in [0.5, 0.6) is 0 Å². The number of aromatic nitrogens is 1. The zero-order chi connectivity index (χ0) is 11.9. The summed E-state index contributed by atoms with van der Waals surface area (Å²) >= 11 is 1.69. The molecule has 0 unspecified atom stereocenters. The lowest BCUT2D eigenvalue weighted by atomic mass is 10.2. The lowest BCUT2D eigenvalue weighted by Gasteiger charge is -2.03. The van der Waals surface area contributed by atoms with Crippen LogP contribution in [0.15, 0.2) is 41.9 Å². The fourth-order valence-electron chi connectivity index (χ4n) is 1.47. The van der Waals surface area contributed by atoms with E-state index in [1.54, 1.807) is 17.5 Å². The standard InChI is InChI=1S/C13H14N2OS/c16-13(7-6-12-5-3-9-17-12)15-10-11-4-1-2-8-14-11/h1-5,8-9H,6-7,10H2,(H,15,16). The molecule has 0 spiro atoms. The predicted molar refractivity (Wildman–Crippen MR) is 68.7 cm³/mol. The van der Waals surface area contributed by atoms with Gasteiger partial charge >= 0.3 is 0 Å². The molecular weight excluding hydrogens is 232 g/mol. The van der Waals surface area contributed by atoms with Crippen LogP contribution in [0.3, 0.4) is 0 Å². The Balaban J connectivity index is 1.71. The number of nitrogens with zero attached hydrogens (tertiary/aromatic N) is 1. The van der Waals surface area contributed by atoms with Gasteiger partial charge in [0, 0.05) is 17.5 Å². The highest BCUT2D eigenvalue weighted by Gasteiger charge is 2.03. The maximum Gasteiger partial charge on any atom is 0.220 e. The SMILES string of the molecule is O=C(CCc1cccs1)NCc1ccccn1. The Kier molecular flexibility index (Phi) is 4.27. The number of thiophene rings is 1. The fourth-order valence-corrected chi connectivity index (χ4v) is 2.18. The van der Waals surface area contributed by atoms with Crippen LogP contribution in [0, 0.1) is 0 Å². The van der Waals surface area contributed by atoms with E-state index in [-0.39, 0.29) is 5.91 Å². The van der Waals surface area contributed by atoms with Gasteiger partial charge in [0.2, 0.25) is 5.91 Å². The molecule has 0 radical (unpaired) electrons. The highest BCUT2D eigenvalue weighted by molar-refractivity contribution is 7.09. The zero-order valence-electron chi connectivity index (χ0n) is 9.43. The van der Waals surface area contributed by atoms with Crippen molar-refractivity contribution >= 4 is 17.2 Å². The number of amides is 1. The van der Waals surface area contributed by atoms with Crippen LogP contribution in [-0.2, 0) is 17.8 Å². The Morgan fingerprint density at radius 2 is 2.24 bits per heavy atom. The Morgan fingerprint density at radius 1 is 1.29 bits per heavy atom. The third-order valence-electron chi connectivity index (χ3n) is 2.37. The molecule has 17 heavy (non-hydrogen) atoms. The highest BCUT2D eigenvalue weighted by atomic mass is 32.1. The molecule has 1 N–H and O–H groups in total. The molecule has 2 aromatic heterocycles. The van der Waals surface area contributed by atoms with E-state index >= 15 is 0 Å². The summed E-state index contributed by atoms with van der Waals surface area (Å²) < 4.78 is 0. The number of carbonyl (C=O) groups excluding carboxylic acids is 1. The van der Waals surface area contributed by atoms with Crippen molar-refractivity contribution in [3.63, 3.8) is 0 Å². The zero-order valence-corrected chi connectivity index (χ0v) is 10.2. The molecule has 0 saturated carbocycles. The number of hydrogen-bond acceptors (Lipinski definition) is 3. The van der Waals surface area contributed by atoms with Crippen molar-refractivity contribution in [2.45, 2.75) is 19.4 Å². The Bertz CT molecular complexity index is 454. The molecule has 0 aliphatic rings. The van der Waals surface area contributed by atoms with Gasteiger partial charge in [-0.1, -0.05) is 12.1 Å². The summed E-state index contributed by atoms with van der Waals surface area (Å²) in [6.07, 6.45) is 3.08.